The molecule has 0 spiro atoms. The van der Waals surface area contributed by atoms with Crippen molar-refractivity contribution in [2.45, 2.75) is 44.2 Å². The number of para-hydroxylation sites is 1. The number of hydrogen-bond acceptors (Lipinski definition) is 5. The predicted molar refractivity (Wildman–Crippen MR) is 115 cm³/mol. The summed E-state index contributed by atoms with van der Waals surface area (Å²) in [5.74, 6) is 1.35. The Morgan fingerprint density at radius 1 is 1.03 bits per heavy atom. The fourth-order valence-electron chi connectivity index (χ4n) is 4.97. The number of esters is 1. The van der Waals surface area contributed by atoms with E-state index in [0.717, 1.165) is 30.7 Å². The molecule has 1 heterocycles. The number of carbonyl (C=O) groups excluding carboxylic acids is 2. The summed E-state index contributed by atoms with van der Waals surface area (Å²) in [5.41, 5.74) is 1.60. The molecule has 1 aliphatic heterocycles. The van der Waals surface area contributed by atoms with Crippen molar-refractivity contribution in [2.75, 3.05) is 20.3 Å². The number of benzene rings is 2. The first-order valence-electron chi connectivity index (χ1n) is 10.8. The molecule has 2 bridgehead atoms. The second-order valence-corrected chi connectivity index (χ2v) is 8.23. The minimum atomic E-state index is -0.340. The van der Waals surface area contributed by atoms with Gasteiger partial charge in [0.05, 0.1) is 18.7 Å². The number of likely N-dealkylation sites (tertiary alicyclic amines) is 1. The maximum absolute atomic E-state index is 13.1. The van der Waals surface area contributed by atoms with Crippen molar-refractivity contribution in [1.82, 2.24) is 4.90 Å². The van der Waals surface area contributed by atoms with E-state index < -0.39 is 0 Å². The van der Waals surface area contributed by atoms with Crippen molar-refractivity contribution in [3.8, 4) is 5.75 Å². The molecule has 1 saturated carbocycles. The number of Topliss-reactive ketones (excluding diaryl/α,β-unsaturated/α-hetero) is 1. The first kappa shape index (κ1) is 20.6. The zero-order valence-corrected chi connectivity index (χ0v) is 17.5. The minimum absolute atomic E-state index is 0.0254. The van der Waals surface area contributed by atoms with Gasteiger partial charge in [-0.25, -0.2) is 4.79 Å². The van der Waals surface area contributed by atoms with Crippen molar-refractivity contribution < 1.29 is 19.1 Å². The number of carbonyl (C=O) groups is 2. The highest BCUT2D eigenvalue weighted by molar-refractivity contribution is 5.89. The zero-order chi connectivity index (χ0) is 20.9. The maximum Gasteiger partial charge on any atom is 0.337 e. The SMILES string of the molecule is COC(=O)c1ccc(CCC(=O)[C@H]2[C@@H]3CC[C@@H](C3)N2CCOc2ccccc2)cc1. The van der Waals surface area contributed by atoms with E-state index in [9.17, 15) is 9.59 Å². The van der Waals surface area contributed by atoms with Gasteiger partial charge in [-0.15, -0.1) is 0 Å². The Hall–Kier alpha value is -2.66. The summed E-state index contributed by atoms with van der Waals surface area (Å²) in [6.07, 6.45) is 4.71. The number of aryl methyl sites for hydroxylation is 1. The molecular formula is C25H29NO4. The summed E-state index contributed by atoms with van der Waals surface area (Å²) in [7, 11) is 1.38. The molecule has 1 aliphatic carbocycles. The molecule has 158 valence electrons. The second-order valence-electron chi connectivity index (χ2n) is 8.23. The minimum Gasteiger partial charge on any atom is -0.492 e. The van der Waals surface area contributed by atoms with E-state index in [1.807, 2.05) is 42.5 Å². The molecule has 0 radical (unpaired) electrons. The molecule has 2 fully saturated rings. The smallest absolute Gasteiger partial charge is 0.337 e. The van der Waals surface area contributed by atoms with Crippen LogP contribution in [0.5, 0.6) is 5.75 Å². The number of hydrogen-bond donors (Lipinski definition) is 0. The largest absolute Gasteiger partial charge is 0.492 e. The van der Waals surface area contributed by atoms with Gasteiger partial charge in [0.25, 0.3) is 0 Å². The molecule has 30 heavy (non-hydrogen) atoms. The lowest BCUT2D eigenvalue weighted by Gasteiger charge is -2.34. The molecule has 1 saturated heterocycles. The quantitative estimate of drug-likeness (QED) is 0.590. The van der Waals surface area contributed by atoms with Crippen LogP contribution in [0.3, 0.4) is 0 Å². The second kappa shape index (κ2) is 9.43. The summed E-state index contributed by atoms with van der Waals surface area (Å²) in [4.78, 5) is 27.1. The maximum atomic E-state index is 13.1. The van der Waals surface area contributed by atoms with Gasteiger partial charge in [0.2, 0.25) is 0 Å². The third-order valence-electron chi connectivity index (χ3n) is 6.44. The molecule has 0 aromatic heterocycles. The monoisotopic (exact) mass is 407 g/mol. The number of methoxy groups -OCH3 is 1. The van der Waals surface area contributed by atoms with E-state index >= 15 is 0 Å². The summed E-state index contributed by atoms with van der Waals surface area (Å²) in [5, 5.41) is 0. The highest BCUT2D eigenvalue weighted by Crippen LogP contribution is 2.43. The predicted octanol–water partition coefficient (Wildman–Crippen LogP) is 3.91. The van der Waals surface area contributed by atoms with E-state index in [4.69, 9.17) is 9.47 Å². The number of piperidine rings is 1. The summed E-state index contributed by atoms with van der Waals surface area (Å²) < 4.78 is 10.6. The summed E-state index contributed by atoms with van der Waals surface area (Å²) in [6, 6.07) is 17.7. The Morgan fingerprint density at radius 3 is 2.53 bits per heavy atom. The zero-order valence-electron chi connectivity index (χ0n) is 17.5. The van der Waals surface area contributed by atoms with Crippen LogP contribution in [0.15, 0.2) is 54.6 Å². The van der Waals surface area contributed by atoms with Gasteiger partial charge in [-0.3, -0.25) is 9.69 Å². The Labute approximate surface area is 178 Å². The highest BCUT2D eigenvalue weighted by atomic mass is 16.5. The fraction of sp³-hybridized carbons (Fsp3) is 0.440. The summed E-state index contributed by atoms with van der Waals surface area (Å²) >= 11 is 0. The number of nitrogens with zero attached hydrogens (tertiary/aromatic N) is 1. The molecule has 4 rings (SSSR count). The van der Waals surface area contributed by atoms with Crippen LogP contribution in [0.25, 0.3) is 0 Å². The topological polar surface area (TPSA) is 55.8 Å². The van der Waals surface area contributed by atoms with Crippen LogP contribution in [0, 0.1) is 5.92 Å². The van der Waals surface area contributed by atoms with Crippen molar-refractivity contribution in [2.24, 2.45) is 5.92 Å². The molecule has 0 N–H and O–H groups in total. The van der Waals surface area contributed by atoms with Crippen molar-refractivity contribution in [3.63, 3.8) is 0 Å². The standard InChI is InChI=1S/C25H29NO4/c1-29-25(28)19-10-7-18(8-11-19)9-14-23(27)24-20-12-13-21(17-20)26(24)15-16-30-22-5-3-2-4-6-22/h2-8,10-11,20-21,24H,9,12-17H2,1H3/t20-,21+,24-/m1/s1. The van der Waals surface area contributed by atoms with Crippen LogP contribution in [0.1, 0.15) is 41.6 Å². The average molecular weight is 408 g/mol. The highest BCUT2D eigenvalue weighted by Gasteiger charge is 2.48. The van der Waals surface area contributed by atoms with Crippen LogP contribution < -0.4 is 4.74 Å². The van der Waals surface area contributed by atoms with Gasteiger partial charge in [-0.05, 0) is 61.4 Å². The van der Waals surface area contributed by atoms with E-state index in [1.54, 1.807) is 12.1 Å². The van der Waals surface area contributed by atoms with Crippen molar-refractivity contribution in [1.29, 1.82) is 0 Å². The van der Waals surface area contributed by atoms with Crippen LogP contribution in [-0.4, -0.2) is 49.0 Å². The Bertz CT molecular complexity index is 864. The number of rotatable bonds is 9. The van der Waals surface area contributed by atoms with Crippen LogP contribution in [0.2, 0.25) is 0 Å². The number of ether oxygens (including phenoxy) is 2. The third-order valence-corrected chi connectivity index (χ3v) is 6.44. The van der Waals surface area contributed by atoms with Gasteiger partial charge in [0, 0.05) is 19.0 Å². The molecule has 5 nitrogen and oxygen atoms in total. The van der Waals surface area contributed by atoms with Crippen LogP contribution in [-0.2, 0) is 16.0 Å². The van der Waals surface area contributed by atoms with Crippen LogP contribution >= 0.6 is 0 Å². The first-order chi connectivity index (χ1) is 14.7. The molecule has 0 unspecified atom stereocenters. The lowest BCUT2D eigenvalue weighted by atomic mass is 9.92. The van der Waals surface area contributed by atoms with E-state index in [1.165, 1.54) is 13.5 Å². The molecule has 2 aromatic carbocycles. The van der Waals surface area contributed by atoms with Crippen molar-refractivity contribution in [3.05, 3.63) is 65.7 Å². The molecule has 2 aromatic rings. The summed E-state index contributed by atoms with van der Waals surface area (Å²) in [6.45, 7) is 1.40. The number of fused-ring (bicyclic) bond motifs is 2. The third kappa shape index (κ3) is 4.57. The van der Waals surface area contributed by atoms with E-state index in [2.05, 4.69) is 4.90 Å². The lowest BCUT2D eigenvalue weighted by Crippen LogP contribution is -2.47. The van der Waals surface area contributed by atoms with Gasteiger partial charge < -0.3 is 9.47 Å². The van der Waals surface area contributed by atoms with Gasteiger partial charge >= 0.3 is 5.97 Å². The lowest BCUT2D eigenvalue weighted by molar-refractivity contribution is -0.126. The van der Waals surface area contributed by atoms with E-state index in [-0.39, 0.29) is 12.0 Å². The molecule has 2 aliphatic rings. The molecule has 3 atom stereocenters. The fourth-order valence-corrected chi connectivity index (χ4v) is 4.97. The Morgan fingerprint density at radius 2 is 1.80 bits per heavy atom. The Kier molecular flexibility index (Phi) is 6.48. The van der Waals surface area contributed by atoms with E-state index in [0.29, 0.717) is 42.8 Å². The molecule has 0 amide bonds. The van der Waals surface area contributed by atoms with Gasteiger partial charge in [0.15, 0.2) is 5.78 Å². The molecule has 5 heteroatoms. The Balaban J connectivity index is 1.32. The molecular weight excluding hydrogens is 378 g/mol. The van der Waals surface area contributed by atoms with Gasteiger partial charge in [0.1, 0.15) is 12.4 Å². The van der Waals surface area contributed by atoms with Gasteiger partial charge in [-0.2, -0.15) is 0 Å². The van der Waals surface area contributed by atoms with Crippen molar-refractivity contribution >= 4 is 11.8 Å². The average Bonchev–Trinajstić information content (AvgIpc) is 3.40. The van der Waals surface area contributed by atoms with Crippen LogP contribution in [0.4, 0.5) is 0 Å². The normalized spacial score (nSPS) is 22.8. The van der Waals surface area contributed by atoms with Gasteiger partial charge in [-0.1, -0.05) is 30.3 Å². The number of ketones is 1. The first-order valence-corrected chi connectivity index (χ1v) is 10.8.